The first-order chi connectivity index (χ1) is 24.8. The van der Waals surface area contributed by atoms with E-state index in [1.54, 1.807) is 12.4 Å². The van der Waals surface area contributed by atoms with Crippen molar-refractivity contribution in [2.45, 2.75) is 0 Å². The van der Waals surface area contributed by atoms with Crippen LogP contribution in [0.2, 0.25) is 0 Å². The van der Waals surface area contributed by atoms with Crippen LogP contribution in [0.5, 0.6) is 0 Å². The first-order valence-corrected chi connectivity index (χ1v) is 16.5. The number of pyridine rings is 1. The summed E-state index contributed by atoms with van der Waals surface area (Å²) in [7, 11) is 0. The number of para-hydroxylation sites is 1. The van der Waals surface area contributed by atoms with Crippen LogP contribution in [0.3, 0.4) is 0 Å². The minimum Gasteiger partial charge on any atom is -0.454 e. The highest BCUT2D eigenvalue weighted by atomic mass is 16.3. The molecule has 10 rings (SSSR count). The van der Waals surface area contributed by atoms with Crippen LogP contribution in [-0.4, -0.2) is 24.5 Å². The maximum Gasteiger partial charge on any atom is 0.238 e. The van der Waals surface area contributed by atoms with Gasteiger partial charge < -0.3 is 4.42 Å². The second-order valence-corrected chi connectivity index (χ2v) is 12.3. The molecule has 0 bridgehead atoms. The van der Waals surface area contributed by atoms with Gasteiger partial charge in [-0.15, -0.1) is 0 Å². The third-order valence-corrected chi connectivity index (χ3v) is 9.39. The Labute approximate surface area is 287 Å². The number of hydrogen-bond acceptors (Lipinski definition) is 5. The number of furan rings is 1. The van der Waals surface area contributed by atoms with Crippen molar-refractivity contribution in [2.75, 3.05) is 0 Å². The minimum absolute atomic E-state index is 0.544. The largest absolute Gasteiger partial charge is 0.454 e. The van der Waals surface area contributed by atoms with Crippen molar-refractivity contribution in [2.24, 2.45) is 0 Å². The molecule has 234 valence electrons. The molecule has 0 fully saturated rings. The molecule has 0 aliphatic carbocycles. The van der Waals surface area contributed by atoms with Gasteiger partial charge in [0.15, 0.2) is 17.2 Å². The Morgan fingerprint density at radius 1 is 0.440 bits per heavy atom. The fourth-order valence-electron chi connectivity index (χ4n) is 7.02. The summed E-state index contributed by atoms with van der Waals surface area (Å²) in [5.41, 5.74) is 9.90. The van der Waals surface area contributed by atoms with E-state index < -0.39 is 0 Å². The fourth-order valence-corrected chi connectivity index (χ4v) is 7.02. The molecule has 50 heavy (non-hydrogen) atoms. The molecule has 6 aromatic carbocycles. The zero-order valence-corrected chi connectivity index (χ0v) is 26.7. The quantitative estimate of drug-likeness (QED) is 0.187. The number of hydrogen-bond donors (Lipinski definition) is 0. The van der Waals surface area contributed by atoms with Crippen molar-refractivity contribution in [1.82, 2.24) is 24.5 Å². The molecule has 0 atom stereocenters. The van der Waals surface area contributed by atoms with Gasteiger partial charge in [0.1, 0.15) is 5.58 Å². The molecule has 0 aliphatic heterocycles. The van der Waals surface area contributed by atoms with E-state index in [2.05, 4.69) is 131 Å². The van der Waals surface area contributed by atoms with Gasteiger partial charge in [0.2, 0.25) is 5.95 Å². The molecule has 0 unspecified atom stereocenters. The summed E-state index contributed by atoms with van der Waals surface area (Å²) in [6.07, 6.45) is 3.54. The topological polar surface area (TPSA) is 69.6 Å². The van der Waals surface area contributed by atoms with Crippen molar-refractivity contribution < 1.29 is 4.42 Å². The molecule has 0 radical (unpaired) electrons. The molecular formula is C44H27N5O. The third-order valence-electron chi connectivity index (χ3n) is 9.39. The SMILES string of the molecule is c1ccc(-c2ccc(-c3nc(-c4cccc5oc6cnccc6c45)nc(-n4c5ccccc5c5cc(-c6ccccc6)ccc54)n3)cc2)cc1. The van der Waals surface area contributed by atoms with Gasteiger partial charge in [-0.3, -0.25) is 9.55 Å². The Hall–Kier alpha value is -6.92. The Bertz CT molecular complexity index is 2860. The average molecular weight is 642 g/mol. The van der Waals surface area contributed by atoms with E-state index in [4.69, 9.17) is 19.4 Å². The number of nitrogens with zero attached hydrogens (tertiary/aromatic N) is 5. The Morgan fingerprint density at radius 3 is 1.92 bits per heavy atom. The number of fused-ring (bicyclic) bond motifs is 6. The van der Waals surface area contributed by atoms with Crippen LogP contribution in [0.1, 0.15) is 0 Å². The monoisotopic (exact) mass is 641 g/mol. The number of benzene rings is 6. The highest BCUT2D eigenvalue weighted by Crippen LogP contribution is 2.38. The zero-order valence-electron chi connectivity index (χ0n) is 26.7. The number of rotatable bonds is 5. The predicted octanol–water partition coefficient (Wildman–Crippen LogP) is 10.9. The summed E-state index contributed by atoms with van der Waals surface area (Å²) in [4.78, 5) is 19.9. The van der Waals surface area contributed by atoms with Crippen LogP contribution in [0.15, 0.2) is 168 Å². The third kappa shape index (κ3) is 4.58. The molecule has 4 heterocycles. The van der Waals surface area contributed by atoms with Crippen molar-refractivity contribution in [3.8, 4) is 51.0 Å². The molecule has 0 N–H and O–H groups in total. The van der Waals surface area contributed by atoms with E-state index >= 15 is 0 Å². The highest BCUT2D eigenvalue weighted by Gasteiger charge is 2.21. The highest BCUT2D eigenvalue weighted by molar-refractivity contribution is 6.12. The van der Waals surface area contributed by atoms with E-state index in [1.165, 1.54) is 5.56 Å². The summed E-state index contributed by atoms with van der Waals surface area (Å²) in [6.45, 7) is 0. The van der Waals surface area contributed by atoms with Gasteiger partial charge in [0.05, 0.1) is 17.2 Å². The van der Waals surface area contributed by atoms with Gasteiger partial charge in [-0.1, -0.05) is 121 Å². The average Bonchev–Trinajstić information content (AvgIpc) is 3.74. The first kappa shape index (κ1) is 28.1. The maximum absolute atomic E-state index is 6.21. The van der Waals surface area contributed by atoms with Crippen LogP contribution in [0.25, 0.3) is 94.7 Å². The summed E-state index contributed by atoms with van der Waals surface area (Å²) in [5.74, 6) is 1.69. The lowest BCUT2D eigenvalue weighted by atomic mass is 10.0. The Kier molecular flexibility index (Phi) is 6.39. The molecule has 6 nitrogen and oxygen atoms in total. The van der Waals surface area contributed by atoms with Gasteiger partial charge in [0.25, 0.3) is 0 Å². The van der Waals surface area contributed by atoms with Crippen molar-refractivity contribution in [1.29, 1.82) is 0 Å². The van der Waals surface area contributed by atoms with Crippen LogP contribution >= 0.6 is 0 Å². The first-order valence-electron chi connectivity index (χ1n) is 16.5. The normalized spacial score (nSPS) is 11.6. The zero-order chi connectivity index (χ0) is 33.0. The van der Waals surface area contributed by atoms with Crippen molar-refractivity contribution >= 4 is 43.7 Å². The second kappa shape index (κ2) is 11.4. The molecule has 0 spiro atoms. The molecule has 0 amide bonds. The molecule has 6 heteroatoms. The van der Waals surface area contributed by atoms with Crippen LogP contribution in [0.4, 0.5) is 0 Å². The van der Waals surface area contributed by atoms with E-state index in [0.29, 0.717) is 17.6 Å². The van der Waals surface area contributed by atoms with Crippen LogP contribution in [-0.2, 0) is 0 Å². The Morgan fingerprint density at radius 2 is 1.10 bits per heavy atom. The molecule has 0 saturated heterocycles. The molecule has 4 aromatic heterocycles. The lowest BCUT2D eigenvalue weighted by Gasteiger charge is -2.12. The molecular weight excluding hydrogens is 615 g/mol. The predicted molar refractivity (Wildman–Crippen MR) is 201 cm³/mol. The smallest absolute Gasteiger partial charge is 0.238 e. The van der Waals surface area contributed by atoms with Gasteiger partial charge in [-0.25, -0.2) is 4.98 Å². The van der Waals surface area contributed by atoms with Gasteiger partial charge >= 0.3 is 0 Å². The Balaban J connectivity index is 1.23. The van der Waals surface area contributed by atoms with Gasteiger partial charge in [-0.05, 0) is 52.6 Å². The summed E-state index contributed by atoms with van der Waals surface area (Å²) in [6, 6.07) is 52.3. The summed E-state index contributed by atoms with van der Waals surface area (Å²) >= 11 is 0. The van der Waals surface area contributed by atoms with Crippen LogP contribution < -0.4 is 0 Å². The van der Waals surface area contributed by atoms with E-state index in [9.17, 15) is 0 Å². The molecule has 0 aliphatic rings. The van der Waals surface area contributed by atoms with E-state index in [-0.39, 0.29) is 0 Å². The van der Waals surface area contributed by atoms with E-state index in [0.717, 1.165) is 71.6 Å². The lowest BCUT2D eigenvalue weighted by Crippen LogP contribution is -2.06. The molecule has 10 aromatic rings. The van der Waals surface area contributed by atoms with E-state index in [1.807, 2.05) is 30.3 Å². The minimum atomic E-state index is 0.544. The lowest BCUT2D eigenvalue weighted by molar-refractivity contribution is 0.667. The van der Waals surface area contributed by atoms with Gasteiger partial charge in [-0.2, -0.15) is 9.97 Å². The van der Waals surface area contributed by atoms with Crippen molar-refractivity contribution in [3.05, 3.63) is 164 Å². The second-order valence-electron chi connectivity index (χ2n) is 12.3. The molecule has 0 saturated carbocycles. The standard InChI is InChI=1S/C44H27N5O/c1-3-10-28(11-4-1)30-18-20-31(21-19-30)42-46-43(35-15-9-17-39-41(35)34-24-25-45-27-40(34)50-39)48-44(47-42)49-37-16-8-7-14-33(37)36-26-32(22-23-38(36)49)29-12-5-2-6-13-29/h1-27H. The number of aromatic nitrogens is 5. The van der Waals surface area contributed by atoms with Crippen LogP contribution in [0, 0.1) is 0 Å². The summed E-state index contributed by atoms with van der Waals surface area (Å²) < 4.78 is 8.37. The fraction of sp³-hybridized carbons (Fsp3) is 0. The summed E-state index contributed by atoms with van der Waals surface area (Å²) in [5, 5.41) is 4.17. The maximum atomic E-state index is 6.21. The van der Waals surface area contributed by atoms with Crippen molar-refractivity contribution in [3.63, 3.8) is 0 Å². The van der Waals surface area contributed by atoms with Gasteiger partial charge in [0, 0.05) is 38.9 Å².